The highest BCUT2D eigenvalue weighted by molar-refractivity contribution is 7.89. The van der Waals surface area contributed by atoms with Gasteiger partial charge >= 0.3 is 5.69 Å². The maximum atomic E-state index is 11.9. The van der Waals surface area contributed by atoms with Gasteiger partial charge in [0.25, 0.3) is 5.56 Å². The van der Waals surface area contributed by atoms with Gasteiger partial charge in [0.1, 0.15) is 0 Å². The Morgan fingerprint density at radius 3 is 2.35 bits per heavy atom. The van der Waals surface area contributed by atoms with Crippen molar-refractivity contribution in [3.05, 3.63) is 26.5 Å². The summed E-state index contributed by atoms with van der Waals surface area (Å²) in [5, 5.41) is 0. The number of rotatable bonds is 4. The smallest absolute Gasteiger partial charge is 0.310 e. The lowest BCUT2D eigenvalue weighted by Crippen LogP contribution is -2.38. The molecule has 0 aliphatic carbocycles. The van der Waals surface area contributed by atoms with Crippen molar-refractivity contribution in [2.75, 3.05) is 0 Å². The topological polar surface area (TPSA) is 112 Å². The lowest BCUT2D eigenvalue weighted by Gasteiger charge is -2.12. The number of hydrogen-bond donors (Lipinski definition) is 3. The first-order chi connectivity index (χ1) is 7.77. The number of nitrogens with one attached hydrogen (secondary N) is 3. The highest BCUT2D eigenvalue weighted by Crippen LogP contribution is 2.06. The molecule has 0 amide bonds. The third-order valence-corrected chi connectivity index (χ3v) is 4.05. The van der Waals surface area contributed by atoms with Crippen LogP contribution in [0, 0.1) is 6.92 Å². The monoisotopic (exact) mass is 261 g/mol. The summed E-state index contributed by atoms with van der Waals surface area (Å²) in [5.41, 5.74) is -1.62. The minimum atomic E-state index is -3.91. The lowest BCUT2D eigenvalue weighted by molar-refractivity contribution is 0.553. The predicted molar refractivity (Wildman–Crippen MR) is 62.5 cm³/mol. The maximum absolute atomic E-state index is 11.9. The molecule has 0 radical (unpaired) electrons. The molecule has 1 aromatic rings. The van der Waals surface area contributed by atoms with Crippen LogP contribution in [-0.2, 0) is 10.0 Å². The molecular weight excluding hydrogens is 246 g/mol. The van der Waals surface area contributed by atoms with Gasteiger partial charge in [0.2, 0.25) is 10.0 Å². The lowest BCUT2D eigenvalue weighted by atomic mass is 10.3. The molecule has 0 aromatic carbocycles. The largest absolute Gasteiger partial charge is 0.325 e. The van der Waals surface area contributed by atoms with E-state index in [0.29, 0.717) is 6.42 Å². The number of H-pyrrole nitrogens is 2. The first-order valence-corrected chi connectivity index (χ1v) is 6.61. The Hall–Kier alpha value is -1.41. The number of aromatic nitrogens is 2. The van der Waals surface area contributed by atoms with Crippen molar-refractivity contribution in [1.82, 2.24) is 14.7 Å². The van der Waals surface area contributed by atoms with E-state index < -0.39 is 26.2 Å². The second kappa shape index (κ2) is 4.84. The molecule has 3 N–H and O–H groups in total. The van der Waals surface area contributed by atoms with Crippen LogP contribution >= 0.6 is 0 Å². The summed E-state index contributed by atoms with van der Waals surface area (Å²) in [6.07, 6.45) is 0.597. The summed E-state index contributed by atoms with van der Waals surface area (Å²) >= 11 is 0. The van der Waals surface area contributed by atoms with Gasteiger partial charge in [-0.25, -0.2) is 17.9 Å². The molecule has 0 unspecified atom stereocenters. The maximum Gasteiger partial charge on any atom is 0.325 e. The van der Waals surface area contributed by atoms with Crippen LogP contribution in [0.2, 0.25) is 0 Å². The summed E-state index contributed by atoms with van der Waals surface area (Å²) in [7, 11) is -3.91. The van der Waals surface area contributed by atoms with E-state index in [0.717, 1.165) is 0 Å². The molecule has 0 saturated heterocycles. The molecule has 0 spiro atoms. The van der Waals surface area contributed by atoms with E-state index in [1.54, 1.807) is 6.92 Å². The normalized spacial score (nSPS) is 13.6. The molecule has 0 bridgehead atoms. The van der Waals surface area contributed by atoms with Gasteiger partial charge in [0.15, 0.2) is 4.90 Å². The van der Waals surface area contributed by atoms with E-state index >= 15 is 0 Å². The molecule has 17 heavy (non-hydrogen) atoms. The van der Waals surface area contributed by atoms with Gasteiger partial charge in [-0.15, -0.1) is 0 Å². The molecule has 1 aromatic heterocycles. The van der Waals surface area contributed by atoms with Gasteiger partial charge in [-0.3, -0.25) is 9.78 Å². The van der Waals surface area contributed by atoms with Crippen LogP contribution in [0.3, 0.4) is 0 Å². The highest BCUT2D eigenvalue weighted by Gasteiger charge is 2.23. The fraction of sp³-hybridized carbons (Fsp3) is 0.556. The van der Waals surface area contributed by atoms with Crippen molar-refractivity contribution in [2.45, 2.75) is 38.1 Å². The zero-order valence-electron chi connectivity index (χ0n) is 9.83. The van der Waals surface area contributed by atoms with E-state index in [-0.39, 0.29) is 11.7 Å². The first-order valence-electron chi connectivity index (χ1n) is 5.13. The van der Waals surface area contributed by atoms with Crippen LogP contribution in [0.4, 0.5) is 0 Å². The molecular formula is C9H15N3O4S. The number of aromatic amines is 2. The zero-order valence-corrected chi connectivity index (χ0v) is 10.6. The Kier molecular flexibility index (Phi) is 3.89. The highest BCUT2D eigenvalue weighted by atomic mass is 32.2. The van der Waals surface area contributed by atoms with E-state index in [9.17, 15) is 18.0 Å². The van der Waals surface area contributed by atoms with Crippen molar-refractivity contribution in [3.8, 4) is 0 Å². The van der Waals surface area contributed by atoms with E-state index in [1.807, 2.05) is 11.9 Å². The van der Waals surface area contributed by atoms with Crippen molar-refractivity contribution < 1.29 is 8.42 Å². The zero-order chi connectivity index (χ0) is 13.2. The van der Waals surface area contributed by atoms with Crippen LogP contribution in [0.1, 0.15) is 26.0 Å². The Morgan fingerprint density at radius 2 is 1.88 bits per heavy atom. The fourth-order valence-corrected chi connectivity index (χ4v) is 2.88. The van der Waals surface area contributed by atoms with Crippen molar-refractivity contribution in [2.24, 2.45) is 0 Å². The van der Waals surface area contributed by atoms with Gasteiger partial charge in [0.05, 0.1) is 0 Å². The van der Waals surface area contributed by atoms with E-state index in [2.05, 4.69) is 9.71 Å². The van der Waals surface area contributed by atoms with Gasteiger partial charge in [-0.2, -0.15) is 0 Å². The summed E-state index contributed by atoms with van der Waals surface area (Å²) < 4.78 is 26.2. The predicted octanol–water partition coefficient (Wildman–Crippen LogP) is -0.552. The van der Waals surface area contributed by atoms with Gasteiger partial charge in [0, 0.05) is 11.7 Å². The quantitative estimate of drug-likeness (QED) is 0.675. The Morgan fingerprint density at radius 1 is 1.29 bits per heavy atom. The van der Waals surface area contributed by atoms with E-state index in [1.165, 1.54) is 6.92 Å². The number of sulfonamides is 1. The summed E-state index contributed by atoms with van der Waals surface area (Å²) in [4.78, 5) is 26.1. The Labute approximate surface area is 98.3 Å². The molecule has 0 aliphatic rings. The summed E-state index contributed by atoms with van der Waals surface area (Å²) in [5.74, 6) is 0. The number of aryl methyl sites for hydroxylation is 1. The standard InChI is InChI=1S/C9H15N3O4S/c1-4-5(2)12-17(15,16)7-6(3)10-9(14)11-8(7)13/h5,12H,4H2,1-3H3,(H2,10,11,13,14)/t5-/m0/s1. The third-order valence-electron chi connectivity index (χ3n) is 2.31. The molecule has 96 valence electrons. The summed E-state index contributed by atoms with van der Waals surface area (Å²) in [6.45, 7) is 4.87. The van der Waals surface area contributed by atoms with Crippen molar-refractivity contribution in [1.29, 1.82) is 0 Å². The minimum Gasteiger partial charge on any atom is -0.310 e. The van der Waals surface area contributed by atoms with Crippen LogP contribution in [-0.4, -0.2) is 24.4 Å². The number of hydrogen-bond acceptors (Lipinski definition) is 4. The SMILES string of the molecule is CC[C@H](C)NS(=O)(=O)c1c(C)[nH]c(=O)[nH]c1=O. The molecule has 1 atom stereocenters. The second-order valence-electron chi connectivity index (χ2n) is 3.79. The van der Waals surface area contributed by atoms with E-state index in [4.69, 9.17) is 0 Å². The fourth-order valence-electron chi connectivity index (χ4n) is 1.32. The van der Waals surface area contributed by atoms with Gasteiger partial charge in [-0.1, -0.05) is 6.92 Å². The summed E-state index contributed by atoms with van der Waals surface area (Å²) in [6, 6.07) is -0.286. The molecule has 0 fully saturated rings. The van der Waals surface area contributed by atoms with Crippen LogP contribution in [0.5, 0.6) is 0 Å². The van der Waals surface area contributed by atoms with Crippen LogP contribution in [0.15, 0.2) is 14.5 Å². The first kappa shape index (κ1) is 13.7. The Balaban J connectivity index is 3.35. The molecule has 7 nitrogen and oxygen atoms in total. The molecule has 8 heteroatoms. The molecule has 0 aliphatic heterocycles. The average Bonchev–Trinajstić information content (AvgIpc) is 2.14. The van der Waals surface area contributed by atoms with Crippen molar-refractivity contribution >= 4 is 10.0 Å². The van der Waals surface area contributed by atoms with Gasteiger partial charge < -0.3 is 4.98 Å². The van der Waals surface area contributed by atoms with Gasteiger partial charge in [-0.05, 0) is 20.3 Å². The van der Waals surface area contributed by atoms with Crippen LogP contribution < -0.4 is 16.0 Å². The minimum absolute atomic E-state index is 0.0227. The molecule has 1 rings (SSSR count). The Bertz CT molecular complexity index is 614. The van der Waals surface area contributed by atoms with Crippen LogP contribution in [0.25, 0.3) is 0 Å². The average molecular weight is 261 g/mol. The van der Waals surface area contributed by atoms with Crippen molar-refractivity contribution in [3.63, 3.8) is 0 Å². The molecule has 1 heterocycles. The second-order valence-corrected chi connectivity index (χ2v) is 5.44. The third kappa shape index (κ3) is 3.04. The molecule has 0 saturated carbocycles.